The standard InChI is InChI=1S/C23H27ClN4O5/c1-15-7-10-27(11-8-15)20-6-4-17(14-18(20)23(30)25-9-12-33-2)26-22(29)16-3-5-19(24)21(13-16)28(31)32/h3-6,13-15H,7-12H2,1-2H3,(H,25,30)(H,26,29). The highest BCUT2D eigenvalue weighted by Crippen LogP contribution is 2.30. The van der Waals surface area contributed by atoms with Crippen LogP contribution in [0.4, 0.5) is 17.1 Å². The van der Waals surface area contributed by atoms with E-state index in [0.717, 1.165) is 37.7 Å². The Balaban J connectivity index is 1.85. The van der Waals surface area contributed by atoms with Crippen molar-refractivity contribution in [3.05, 3.63) is 62.7 Å². The summed E-state index contributed by atoms with van der Waals surface area (Å²) in [5.41, 5.74) is 1.39. The highest BCUT2D eigenvalue weighted by Gasteiger charge is 2.22. The molecule has 33 heavy (non-hydrogen) atoms. The van der Waals surface area contributed by atoms with Gasteiger partial charge in [0.1, 0.15) is 5.02 Å². The van der Waals surface area contributed by atoms with E-state index in [0.29, 0.717) is 30.3 Å². The van der Waals surface area contributed by atoms with Gasteiger partial charge in [-0.1, -0.05) is 18.5 Å². The molecule has 9 nitrogen and oxygen atoms in total. The van der Waals surface area contributed by atoms with Crippen LogP contribution >= 0.6 is 11.6 Å². The molecule has 0 aliphatic carbocycles. The molecule has 0 spiro atoms. The molecule has 1 aliphatic heterocycles. The van der Waals surface area contributed by atoms with Crippen LogP contribution in [0.1, 0.15) is 40.5 Å². The maximum atomic E-state index is 12.9. The normalized spacial score (nSPS) is 14.1. The van der Waals surface area contributed by atoms with E-state index < -0.39 is 10.8 Å². The molecule has 3 rings (SSSR count). The van der Waals surface area contributed by atoms with Gasteiger partial charge >= 0.3 is 0 Å². The lowest BCUT2D eigenvalue weighted by atomic mass is 9.97. The zero-order valence-electron chi connectivity index (χ0n) is 18.6. The Hall–Kier alpha value is -3.17. The number of hydrogen-bond donors (Lipinski definition) is 2. The van der Waals surface area contributed by atoms with Crippen molar-refractivity contribution in [2.45, 2.75) is 19.8 Å². The second-order valence-electron chi connectivity index (χ2n) is 8.03. The number of methoxy groups -OCH3 is 1. The van der Waals surface area contributed by atoms with E-state index in [1.165, 1.54) is 12.1 Å². The Morgan fingerprint density at radius 1 is 1.18 bits per heavy atom. The number of nitro benzene ring substituents is 1. The van der Waals surface area contributed by atoms with Crippen molar-refractivity contribution in [1.82, 2.24) is 5.32 Å². The quantitative estimate of drug-likeness (QED) is 0.338. The molecule has 0 atom stereocenters. The van der Waals surface area contributed by atoms with Crippen LogP contribution in [0.5, 0.6) is 0 Å². The van der Waals surface area contributed by atoms with E-state index in [2.05, 4.69) is 22.5 Å². The number of hydrogen-bond acceptors (Lipinski definition) is 6. The number of ether oxygens (including phenoxy) is 1. The minimum absolute atomic E-state index is 0.0493. The van der Waals surface area contributed by atoms with Gasteiger partial charge in [0, 0.05) is 49.7 Å². The number of nitrogens with zero attached hydrogens (tertiary/aromatic N) is 2. The van der Waals surface area contributed by atoms with Crippen LogP contribution < -0.4 is 15.5 Å². The predicted molar refractivity (Wildman–Crippen MR) is 127 cm³/mol. The number of piperidine rings is 1. The summed E-state index contributed by atoms with van der Waals surface area (Å²) in [6.07, 6.45) is 2.08. The molecule has 1 heterocycles. The van der Waals surface area contributed by atoms with Crippen molar-refractivity contribution < 1.29 is 19.2 Å². The maximum Gasteiger partial charge on any atom is 0.288 e. The van der Waals surface area contributed by atoms with Gasteiger partial charge in [-0.15, -0.1) is 0 Å². The molecule has 2 amide bonds. The summed E-state index contributed by atoms with van der Waals surface area (Å²) in [6.45, 7) is 4.65. The van der Waals surface area contributed by atoms with Gasteiger partial charge in [0.15, 0.2) is 0 Å². The molecule has 0 saturated carbocycles. The third-order valence-electron chi connectivity index (χ3n) is 5.62. The summed E-state index contributed by atoms with van der Waals surface area (Å²) in [5.74, 6) is -0.166. The van der Waals surface area contributed by atoms with Crippen LogP contribution in [0.15, 0.2) is 36.4 Å². The highest BCUT2D eigenvalue weighted by molar-refractivity contribution is 6.32. The fourth-order valence-corrected chi connectivity index (χ4v) is 3.87. The molecular weight excluding hydrogens is 448 g/mol. The van der Waals surface area contributed by atoms with Crippen molar-refractivity contribution >= 4 is 40.5 Å². The summed E-state index contributed by atoms with van der Waals surface area (Å²) in [6, 6.07) is 9.01. The van der Waals surface area contributed by atoms with Gasteiger partial charge in [-0.3, -0.25) is 19.7 Å². The molecule has 1 fully saturated rings. The molecule has 0 unspecified atom stereocenters. The summed E-state index contributed by atoms with van der Waals surface area (Å²) in [5, 5.41) is 16.6. The van der Waals surface area contributed by atoms with Crippen LogP contribution in [0.3, 0.4) is 0 Å². The number of anilines is 2. The zero-order valence-corrected chi connectivity index (χ0v) is 19.4. The lowest BCUT2D eigenvalue weighted by molar-refractivity contribution is -0.384. The molecule has 10 heteroatoms. The average molecular weight is 475 g/mol. The molecule has 2 aromatic carbocycles. The summed E-state index contributed by atoms with van der Waals surface area (Å²) in [7, 11) is 1.56. The fourth-order valence-electron chi connectivity index (χ4n) is 3.68. The average Bonchev–Trinajstić information content (AvgIpc) is 2.80. The SMILES string of the molecule is COCCNC(=O)c1cc(NC(=O)c2ccc(Cl)c([N+](=O)[O-])c2)ccc1N1CCC(C)CC1. The number of nitro groups is 1. The van der Waals surface area contributed by atoms with Crippen LogP contribution in [-0.2, 0) is 4.74 Å². The van der Waals surface area contributed by atoms with Crippen LogP contribution in [-0.4, -0.2) is 50.1 Å². The first-order valence-electron chi connectivity index (χ1n) is 10.7. The van der Waals surface area contributed by atoms with Crippen LogP contribution in [0, 0.1) is 16.0 Å². The Kier molecular flexibility index (Phi) is 8.24. The Morgan fingerprint density at radius 3 is 2.58 bits per heavy atom. The fraction of sp³-hybridized carbons (Fsp3) is 0.391. The first kappa shape index (κ1) is 24.5. The zero-order chi connectivity index (χ0) is 24.0. The molecule has 2 N–H and O–H groups in total. The predicted octanol–water partition coefficient (Wildman–Crippen LogP) is 4.11. The topological polar surface area (TPSA) is 114 Å². The lowest BCUT2D eigenvalue weighted by Crippen LogP contribution is -2.35. The van der Waals surface area contributed by atoms with E-state index >= 15 is 0 Å². The summed E-state index contributed by atoms with van der Waals surface area (Å²) < 4.78 is 5.01. The van der Waals surface area contributed by atoms with Gasteiger partial charge in [0.25, 0.3) is 17.5 Å². The molecule has 2 aromatic rings. The molecule has 0 radical (unpaired) electrons. The van der Waals surface area contributed by atoms with E-state index in [4.69, 9.17) is 16.3 Å². The van der Waals surface area contributed by atoms with E-state index in [1.54, 1.807) is 19.2 Å². The van der Waals surface area contributed by atoms with E-state index in [9.17, 15) is 19.7 Å². The van der Waals surface area contributed by atoms with Crippen molar-refractivity contribution in [2.24, 2.45) is 5.92 Å². The summed E-state index contributed by atoms with van der Waals surface area (Å²) >= 11 is 5.83. The molecule has 1 aliphatic rings. The van der Waals surface area contributed by atoms with Gasteiger partial charge in [0.05, 0.1) is 17.1 Å². The number of carbonyl (C=O) groups is 2. The number of nitrogens with one attached hydrogen (secondary N) is 2. The van der Waals surface area contributed by atoms with E-state index in [1.807, 2.05) is 6.07 Å². The Labute approximate surface area is 197 Å². The number of rotatable bonds is 8. The minimum atomic E-state index is -0.643. The van der Waals surface area contributed by atoms with Gasteiger partial charge in [-0.05, 0) is 49.1 Å². The smallest absolute Gasteiger partial charge is 0.288 e. The number of amides is 2. The molecule has 0 aromatic heterocycles. The van der Waals surface area contributed by atoms with Gasteiger partial charge in [-0.2, -0.15) is 0 Å². The Morgan fingerprint density at radius 2 is 1.91 bits per heavy atom. The third-order valence-corrected chi connectivity index (χ3v) is 5.94. The van der Waals surface area contributed by atoms with Crippen molar-refractivity contribution in [3.8, 4) is 0 Å². The second kappa shape index (κ2) is 11.1. The van der Waals surface area contributed by atoms with Gasteiger partial charge < -0.3 is 20.3 Å². The van der Waals surface area contributed by atoms with Crippen LogP contribution in [0.2, 0.25) is 5.02 Å². The lowest BCUT2D eigenvalue weighted by Gasteiger charge is -2.33. The monoisotopic (exact) mass is 474 g/mol. The van der Waals surface area contributed by atoms with Crippen molar-refractivity contribution in [3.63, 3.8) is 0 Å². The number of benzene rings is 2. The second-order valence-corrected chi connectivity index (χ2v) is 8.43. The number of carbonyl (C=O) groups excluding carboxylic acids is 2. The molecular formula is C23H27ClN4O5. The minimum Gasteiger partial charge on any atom is -0.383 e. The number of halogens is 1. The third kappa shape index (κ3) is 6.21. The first-order valence-corrected chi connectivity index (χ1v) is 11.1. The Bertz CT molecular complexity index is 1040. The van der Waals surface area contributed by atoms with E-state index in [-0.39, 0.29) is 22.2 Å². The van der Waals surface area contributed by atoms with Gasteiger partial charge in [0.2, 0.25) is 0 Å². The molecule has 0 bridgehead atoms. The summed E-state index contributed by atoms with van der Waals surface area (Å²) in [4.78, 5) is 38.3. The molecule has 1 saturated heterocycles. The highest BCUT2D eigenvalue weighted by atomic mass is 35.5. The van der Waals surface area contributed by atoms with Gasteiger partial charge in [-0.25, -0.2) is 0 Å². The van der Waals surface area contributed by atoms with Crippen molar-refractivity contribution in [1.29, 1.82) is 0 Å². The first-order chi connectivity index (χ1) is 15.8. The van der Waals surface area contributed by atoms with Crippen molar-refractivity contribution in [2.75, 3.05) is 43.6 Å². The molecule has 176 valence electrons. The largest absolute Gasteiger partial charge is 0.383 e. The maximum absolute atomic E-state index is 12.9. The van der Waals surface area contributed by atoms with Crippen LogP contribution in [0.25, 0.3) is 0 Å².